The number of nitrogens with two attached hydrogens (primary N) is 1. The quantitative estimate of drug-likeness (QED) is 0.705. The van der Waals surface area contributed by atoms with E-state index in [0.29, 0.717) is 5.69 Å². The number of carbonyl (C=O) groups is 2. The van der Waals surface area contributed by atoms with E-state index in [4.69, 9.17) is 10.8 Å². The maximum Gasteiger partial charge on any atom is 0.358 e. The first-order valence-corrected chi connectivity index (χ1v) is 4.92. The Kier molecular flexibility index (Phi) is 2.80. The van der Waals surface area contributed by atoms with Gasteiger partial charge in [0, 0.05) is 7.05 Å². The van der Waals surface area contributed by atoms with Gasteiger partial charge in [-0.3, -0.25) is 4.79 Å². The lowest BCUT2D eigenvalue weighted by Gasteiger charge is -2.05. The zero-order valence-corrected chi connectivity index (χ0v) is 9.44. The lowest BCUT2D eigenvalue weighted by molar-refractivity contribution is -0.118. The summed E-state index contributed by atoms with van der Waals surface area (Å²) in [6.45, 7) is -0.249. The Morgan fingerprint density at radius 2 is 2.22 bits per heavy atom. The molecule has 0 spiro atoms. The standard InChI is InChI=1S/C9H10N6O3/c1-14-4-11-2-5(14)8-7(9(17)18)12-13-15(8)3-6(10)16/h2,4H,3H2,1H3,(H2,10,16)(H,17,18). The number of amides is 1. The number of hydrogen-bond donors (Lipinski definition) is 2. The lowest BCUT2D eigenvalue weighted by atomic mass is 10.2. The molecule has 0 atom stereocenters. The molecule has 18 heavy (non-hydrogen) atoms. The second-order valence-electron chi connectivity index (χ2n) is 3.61. The number of carboxylic acid groups (broad SMARTS) is 1. The maximum atomic E-state index is 11.1. The molecule has 0 fully saturated rings. The molecule has 2 aromatic heterocycles. The highest BCUT2D eigenvalue weighted by atomic mass is 16.4. The molecule has 2 heterocycles. The first-order chi connectivity index (χ1) is 8.50. The van der Waals surface area contributed by atoms with Gasteiger partial charge >= 0.3 is 5.97 Å². The molecule has 0 aliphatic rings. The zero-order valence-electron chi connectivity index (χ0n) is 9.44. The van der Waals surface area contributed by atoms with Crippen LogP contribution in [0.4, 0.5) is 0 Å². The molecule has 1 amide bonds. The van der Waals surface area contributed by atoms with Crippen LogP contribution in [-0.2, 0) is 18.4 Å². The summed E-state index contributed by atoms with van der Waals surface area (Å²) >= 11 is 0. The van der Waals surface area contributed by atoms with Gasteiger partial charge in [0.1, 0.15) is 12.2 Å². The molecule has 0 aliphatic carbocycles. The second-order valence-corrected chi connectivity index (χ2v) is 3.61. The predicted octanol–water partition coefficient (Wildman–Crippen LogP) is -1.14. The molecule has 9 nitrogen and oxygen atoms in total. The number of rotatable bonds is 4. The lowest BCUT2D eigenvalue weighted by Crippen LogP contribution is -2.20. The molecule has 0 unspecified atom stereocenters. The normalized spacial score (nSPS) is 10.5. The fourth-order valence-corrected chi connectivity index (χ4v) is 1.55. The van der Waals surface area contributed by atoms with Gasteiger partial charge in [-0.15, -0.1) is 5.10 Å². The number of aromatic carboxylic acids is 1. The number of imidazole rings is 1. The van der Waals surface area contributed by atoms with Crippen LogP contribution in [0.3, 0.4) is 0 Å². The highest BCUT2D eigenvalue weighted by Crippen LogP contribution is 2.21. The number of aryl methyl sites for hydroxylation is 1. The van der Waals surface area contributed by atoms with E-state index < -0.39 is 11.9 Å². The number of nitrogens with zero attached hydrogens (tertiary/aromatic N) is 5. The second kappa shape index (κ2) is 4.28. The van der Waals surface area contributed by atoms with Crippen molar-refractivity contribution in [1.29, 1.82) is 0 Å². The van der Waals surface area contributed by atoms with Gasteiger partial charge in [-0.2, -0.15) is 0 Å². The van der Waals surface area contributed by atoms with Crippen molar-refractivity contribution in [2.24, 2.45) is 12.8 Å². The SMILES string of the molecule is Cn1cncc1-c1c(C(=O)O)nnn1CC(N)=O. The van der Waals surface area contributed by atoms with E-state index in [9.17, 15) is 9.59 Å². The summed E-state index contributed by atoms with van der Waals surface area (Å²) in [5.74, 6) is -1.87. The van der Waals surface area contributed by atoms with Gasteiger partial charge in [0.2, 0.25) is 5.91 Å². The minimum absolute atomic E-state index is 0.196. The van der Waals surface area contributed by atoms with E-state index in [0.717, 1.165) is 4.68 Å². The molecule has 2 aromatic rings. The Hall–Kier alpha value is -2.71. The minimum Gasteiger partial charge on any atom is -0.476 e. The first kappa shape index (κ1) is 11.8. The van der Waals surface area contributed by atoms with E-state index in [2.05, 4.69) is 15.3 Å². The molecule has 9 heteroatoms. The van der Waals surface area contributed by atoms with E-state index in [1.165, 1.54) is 12.5 Å². The van der Waals surface area contributed by atoms with Crippen LogP contribution >= 0.6 is 0 Å². The van der Waals surface area contributed by atoms with E-state index in [-0.39, 0.29) is 17.9 Å². The van der Waals surface area contributed by atoms with Gasteiger partial charge < -0.3 is 15.4 Å². The largest absolute Gasteiger partial charge is 0.476 e. The van der Waals surface area contributed by atoms with Crippen molar-refractivity contribution >= 4 is 11.9 Å². The van der Waals surface area contributed by atoms with E-state index in [1.807, 2.05) is 0 Å². The highest BCUT2D eigenvalue weighted by molar-refractivity contribution is 5.92. The van der Waals surface area contributed by atoms with Crippen LogP contribution < -0.4 is 5.73 Å². The van der Waals surface area contributed by atoms with Crippen LogP contribution in [0.15, 0.2) is 12.5 Å². The van der Waals surface area contributed by atoms with Gasteiger partial charge in [-0.05, 0) is 0 Å². The smallest absolute Gasteiger partial charge is 0.358 e. The fourth-order valence-electron chi connectivity index (χ4n) is 1.55. The van der Waals surface area contributed by atoms with Crippen LogP contribution in [0.25, 0.3) is 11.4 Å². The Labute approximate surface area is 101 Å². The maximum absolute atomic E-state index is 11.1. The number of hydrogen-bond acceptors (Lipinski definition) is 5. The summed E-state index contributed by atoms with van der Waals surface area (Å²) < 4.78 is 2.74. The van der Waals surface area contributed by atoms with Gasteiger partial charge in [0.05, 0.1) is 18.2 Å². The van der Waals surface area contributed by atoms with Gasteiger partial charge in [0.25, 0.3) is 0 Å². The first-order valence-electron chi connectivity index (χ1n) is 4.92. The van der Waals surface area contributed by atoms with Crippen LogP contribution in [0.2, 0.25) is 0 Å². The van der Waals surface area contributed by atoms with Gasteiger partial charge in [-0.1, -0.05) is 5.21 Å². The number of primary amides is 1. The molecule has 0 aliphatic heterocycles. The third kappa shape index (κ3) is 1.93. The monoisotopic (exact) mass is 250 g/mol. The minimum atomic E-state index is -1.23. The Balaban J connectivity index is 2.61. The highest BCUT2D eigenvalue weighted by Gasteiger charge is 2.23. The van der Waals surface area contributed by atoms with Gasteiger partial charge in [-0.25, -0.2) is 14.5 Å². The Bertz CT molecular complexity index is 614. The van der Waals surface area contributed by atoms with Crippen LogP contribution in [0.5, 0.6) is 0 Å². The zero-order chi connectivity index (χ0) is 13.3. The Morgan fingerprint density at radius 3 is 2.72 bits per heavy atom. The molecular weight excluding hydrogens is 240 g/mol. The third-order valence-electron chi connectivity index (χ3n) is 2.30. The van der Waals surface area contributed by atoms with Crippen molar-refractivity contribution < 1.29 is 14.7 Å². The van der Waals surface area contributed by atoms with Crippen molar-refractivity contribution in [2.45, 2.75) is 6.54 Å². The van der Waals surface area contributed by atoms with Crippen LogP contribution in [0.1, 0.15) is 10.5 Å². The molecule has 0 saturated heterocycles. The third-order valence-corrected chi connectivity index (χ3v) is 2.30. The molecule has 94 valence electrons. The van der Waals surface area contributed by atoms with E-state index in [1.54, 1.807) is 11.6 Å². The number of aromatic nitrogens is 5. The predicted molar refractivity (Wildman–Crippen MR) is 58.4 cm³/mol. The summed E-state index contributed by atoms with van der Waals surface area (Å²) in [6.07, 6.45) is 2.96. The average Bonchev–Trinajstić information content (AvgIpc) is 2.83. The topological polar surface area (TPSA) is 129 Å². The molecule has 3 N–H and O–H groups in total. The summed E-state index contributed by atoms with van der Waals surface area (Å²) in [5, 5.41) is 16.2. The molecule has 0 aromatic carbocycles. The van der Waals surface area contributed by atoms with Crippen molar-refractivity contribution in [1.82, 2.24) is 24.5 Å². The Morgan fingerprint density at radius 1 is 1.50 bits per heavy atom. The molecular formula is C9H10N6O3. The summed E-state index contributed by atoms with van der Waals surface area (Å²) in [6, 6.07) is 0. The summed E-state index contributed by atoms with van der Waals surface area (Å²) in [4.78, 5) is 25.9. The summed E-state index contributed by atoms with van der Waals surface area (Å²) in [5.41, 5.74) is 5.50. The molecule has 0 bridgehead atoms. The number of carbonyl (C=O) groups excluding carboxylic acids is 1. The average molecular weight is 250 g/mol. The van der Waals surface area contributed by atoms with Crippen molar-refractivity contribution in [3.63, 3.8) is 0 Å². The molecule has 0 saturated carbocycles. The van der Waals surface area contributed by atoms with Gasteiger partial charge in [0.15, 0.2) is 5.69 Å². The molecule has 0 radical (unpaired) electrons. The van der Waals surface area contributed by atoms with E-state index >= 15 is 0 Å². The number of carboxylic acids is 1. The van der Waals surface area contributed by atoms with Crippen molar-refractivity contribution in [2.75, 3.05) is 0 Å². The van der Waals surface area contributed by atoms with Crippen molar-refractivity contribution in [3.05, 3.63) is 18.2 Å². The van der Waals surface area contributed by atoms with Crippen LogP contribution in [0, 0.1) is 0 Å². The van der Waals surface area contributed by atoms with Crippen LogP contribution in [-0.4, -0.2) is 41.5 Å². The molecule has 2 rings (SSSR count). The summed E-state index contributed by atoms with van der Waals surface area (Å²) in [7, 11) is 1.69. The van der Waals surface area contributed by atoms with Crippen molar-refractivity contribution in [3.8, 4) is 11.4 Å². The fraction of sp³-hybridized carbons (Fsp3) is 0.222.